The van der Waals surface area contributed by atoms with Crippen LogP contribution in [0.4, 0.5) is 0 Å². The Bertz CT molecular complexity index is 627. The van der Waals surface area contributed by atoms with Crippen LogP contribution in [0.15, 0.2) is 18.2 Å². The molecule has 0 amide bonds. The molecule has 1 aromatic carbocycles. The first-order valence-electron chi connectivity index (χ1n) is 9.76. The van der Waals surface area contributed by atoms with E-state index in [1.165, 1.54) is 29.5 Å². The maximum absolute atomic E-state index is 6.54. The molecule has 1 saturated carbocycles. The van der Waals surface area contributed by atoms with Gasteiger partial charge in [-0.25, -0.2) is 0 Å². The topological polar surface area (TPSA) is 44.5 Å². The first-order valence-corrected chi connectivity index (χ1v) is 9.76. The summed E-state index contributed by atoms with van der Waals surface area (Å²) in [6.07, 6.45) is 4.46. The quantitative estimate of drug-likeness (QED) is 0.836. The monoisotopic (exact) mass is 343 g/mol. The first-order chi connectivity index (χ1) is 11.6. The molecule has 0 spiro atoms. The van der Waals surface area contributed by atoms with Gasteiger partial charge in [0.1, 0.15) is 0 Å². The molecular formula is C21H34BNO2. The maximum Gasteiger partial charge on any atom is 0.475 e. The lowest BCUT2D eigenvalue weighted by Crippen LogP contribution is -2.52. The van der Waals surface area contributed by atoms with E-state index in [-0.39, 0.29) is 30.2 Å². The highest BCUT2D eigenvalue weighted by Gasteiger charge is 2.58. The Morgan fingerprint density at radius 2 is 2.00 bits per heavy atom. The number of nitrogens with two attached hydrogens (primary N) is 1. The van der Waals surface area contributed by atoms with Crippen molar-refractivity contribution < 1.29 is 9.31 Å². The molecule has 1 aromatic rings. The van der Waals surface area contributed by atoms with Crippen LogP contribution in [-0.2, 0) is 15.7 Å². The normalized spacial score (nSPS) is 31.1. The highest BCUT2D eigenvalue weighted by Crippen LogP contribution is 2.50. The highest BCUT2D eigenvalue weighted by atomic mass is 16.7. The van der Waals surface area contributed by atoms with Gasteiger partial charge in [-0.15, -0.1) is 0 Å². The van der Waals surface area contributed by atoms with E-state index in [2.05, 4.69) is 59.7 Å². The summed E-state index contributed by atoms with van der Waals surface area (Å²) in [4.78, 5) is 0. The molecule has 0 unspecified atom stereocenters. The smallest absolute Gasteiger partial charge is 0.404 e. The Labute approximate surface area is 153 Å². The molecular weight excluding hydrogens is 309 g/mol. The number of rotatable bonds is 3. The minimum atomic E-state index is -0.307. The largest absolute Gasteiger partial charge is 0.475 e. The van der Waals surface area contributed by atoms with E-state index in [1.807, 2.05) is 0 Å². The minimum Gasteiger partial charge on any atom is -0.404 e. The van der Waals surface area contributed by atoms with Crippen LogP contribution in [0.25, 0.3) is 0 Å². The number of hydrogen-bond donors (Lipinski definition) is 1. The Hall–Kier alpha value is -0.835. The fourth-order valence-corrected chi connectivity index (χ4v) is 5.01. The first kappa shape index (κ1) is 18.9. The zero-order chi connectivity index (χ0) is 18.4. The molecule has 1 aliphatic heterocycles. The molecule has 4 atom stereocenters. The van der Waals surface area contributed by atoms with Crippen molar-refractivity contribution in [2.24, 2.45) is 17.1 Å². The van der Waals surface area contributed by atoms with Gasteiger partial charge >= 0.3 is 7.12 Å². The third kappa shape index (κ3) is 3.67. The summed E-state index contributed by atoms with van der Waals surface area (Å²) in [7, 11) is -0.307. The second-order valence-corrected chi connectivity index (χ2v) is 9.44. The molecule has 2 N–H and O–H groups in total. The fraction of sp³-hybridized carbons (Fsp3) is 0.714. The second kappa shape index (κ2) is 6.72. The van der Waals surface area contributed by atoms with E-state index < -0.39 is 0 Å². The molecule has 138 valence electrons. The van der Waals surface area contributed by atoms with Gasteiger partial charge in [0.05, 0.1) is 11.7 Å². The van der Waals surface area contributed by atoms with E-state index in [0.29, 0.717) is 5.92 Å². The SMILES string of the molecule is Cc1ccc(C[C@H](N)B2O[C@@H]3CCC[C@@H](C(C)(C)C)[C@]3(C)O2)c(C)c1. The van der Waals surface area contributed by atoms with Gasteiger partial charge in [0.25, 0.3) is 0 Å². The van der Waals surface area contributed by atoms with E-state index in [1.54, 1.807) is 0 Å². The number of hydrogen-bond acceptors (Lipinski definition) is 3. The predicted octanol–water partition coefficient (Wildman–Crippen LogP) is 4.22. The van der Waals surface area contributed by atoms with Crippen molar-refractivity contribution in [3.8, 4) is 0 Å². The van der Waals surface area contributed by atoms with Crippen molar-refractivity contribution in [1.82, 2.24) is 0 Å². The van der Waals surface area contributed by atoms with Crippen LogP contribution >= 0.6 is 0 Å². The average Bonchev–Trinajstić information content (AvgIpc) is 2.86. The third-order valence-electron chi connectivity index (χ3n) is 6.31. The van der Waals surface area contributed by atoms with Crippen LogP contribution in [0.1, 0.15) is 63.6 Å². The van der Waals surface area contributed by atoms with Crippen LogP contribution in [-0.4, -0.2) is 24.8 Å². The van der Waals surface area contributed by atoms with Crippen molar-refractivity contribution in [3.63, 3.8) is 0 Å². The van der Waals surface area contributed by atoms with Crippen LogP contribution in [0.2, 0.25) is 0 Å². The molecule has 1 saturated heterocycles. The van der Waals surface area contributed by atoms with Crippen LogP contribution in [0, 0.1) is 25.2 Å². The van der Waals surface area contributed by atoms with Gasteiger partial charge in [-0.05, 0) is 62.5 Å². The fourth-order valence-electron chi connectivity index (χ4n) is 5.01. The van der Waals surface area contributed by atoms with Gasteiger partial charge in [0.15, 0.2) is 0 Å². The Balaban J connectivity index is 1.74. The molecule has 1 heterocycles. The predicted molar refractivity (Wildman–Crippen MR) is 105 cm³/mol. The van der Waals surface area contributed by atoms with Crippen molar-refractivity contribution in [1.29, 1.82) is 0 Å². The second-order valence-electron chi connectivity index (χ2n) is 9.44. The van der Waals surface area contributed by atoms with Crippen LogP contribution < -0.4 is 5.73 Å². The zero-order valence-corrected chi connectivity index (χ0v) is 16.8. The van der Waals surface area contributed by atoms with Gasteiger partial charge in [-0.1, -0.05) is 51.0 Å². The van der Waals surface area contributed by atoms with Gasteiger partial charge in [0.2, 0.25) is 0 Å². The Morgan fingerprint density at radius 1 is 1.28 bits per heavy atom. The summed E-state index contributed by atoms with van der Waals surface area (Å²) in [5.41, 5.74) is 10.4. The van der Waals surface area contributed by atoms with E-state index in [9.17, 15) is 0 Å². The maximum atomic E-state index is 6.54. The molecule has 3 rings (SSSR count). The molecule has 2 fully saturated rings. The van der Waals surface area contributed by atoms with E-state index in [0.717, 1.165) is 12.8 Å². The van der Waals surface area contributed by atoms with Gasteiger partial charge in [-0.2, -0.15) is 0 Å². The summed E-state index contributed by atoms with van der Waals surface area (Å²) in [5, 5.41) is 0. The molecule has 0 radical (unpaired) electrons. The Morgan fingerprint density at radius 3 is 2.64 bits per heavy atom. The summed E-state index contributed by atoms with van der Waals surface area (Å²) in [6, 6.07) is 6.56. The van der Waals surface area contributed by atoms with E-state index in [4.69, 9.17) is 15.0 Å². The molecule has 1 aliphatic carbocycles. The standard InChI is InChI=1S/C21H34BNO2/c1-14-10-11-16(15(2)12-14)13-19(23)22-24-18-9-7-8-17(20(3,4)5)21(18,6)25-22/h10-12,17-19H,7-9,13,23H2,1-6H3/t17-,18+,19-,21-/m0/s1. The highest BCUT2D eigenvalue weighted by molar-refractivity contribution is 6.47. The van der Waals surface area contributed by atoms with Crippen LogP contribution in [0.3, 0.4) is 0 Å². The zero-order valence-electron chi connectivity index (χ0n) is 16.8. The number of aryl methyl sites for hydroxylation is 2. The summed E-state index contributed by atoms with van der Waals surface area (Å²) in [6.45, 7) is 13.5. The molecule has 3 nitrogen and oxygen atoms in total. The summed E-state index contributed by atoms with van der Waals surface area (Å²) in [5.74, 6) is 0.363. The molecule has 0 bridgehead atoms. The van der Waals surface area contributed by atoms with Crippen molar-refractivity contribution in [2.45, 2.75) is 84.9 Å². The Kier molecular flexibility index (Phi) is 5.09. The van der Waals surface area contributed by atoms with Gasteiger partial charge in [0, 0.05) is 5.94 Å². The van der Waals surface area contributed by atoms with Crippen LogP contribution in [0.5, 0.6) is 0 Å². The molecule has 4 heteroatoms. The average molecular weight is 343 g/mol. The molecule has 25 heavy (non-hydrogen) atoms. The molecule has 2 aliphatic rings. The minimum absolute atomic E-state index is 0.135. The van der Waals surface area contributed by atoms with Crippen molar-refractivity contribution >= 4 is 7.12 Å². The number of benzene rings is 1. The van der Waals surface area contributed by atoms with Crippen molar-refractivity contribution in [2.75, 3.05) is 0 Å². The van der Waals surface area contributed by atoms with Gasteiger partial charge < -0.3 is 15.0 Å². The summed E-state index contributed by atoms with van der Waals surface area (Å²) < 4.78 is 12.9. The van der Waals surface area contributed by atoms with Crippen molar-refractivity contribution in [3.05, 3.63) is 34.9 Å². The third-order valence-corrected chi connectivity index (χ3v) is 6.31. The molecule has 0 aromatic heterocycles. The van der Waals surface area contributed by atoms with Gasteiger partial charge in [-0.3, -0.25) is 0 Å². The lowest BCUT2D eigenvalue weighted by atomic mass is 9.63. The lowest BCUT2D eigenvalue weighted by molar-refractivity contribution is -0.0754. The summed E-state index contributed by atoms with van der Waals surface area (Å²) >= 11 is 0. The van der Waals surface area contributed by atoms with E-state index >= 15 is 0 Å². The number of fused-ring (bicyclic) bond motifs is 1. The lowest BCUT2D eigenvalue weighted by Gasteiger charge is -2.48.